The summed E-state index contributed by atoms with van der Waals surface area (Å²) in [5.74, 6) is 1.33. The zero-order valence-electron chi connectivity index (χ0n) is 16.2. The number of allylic oxidation sites excluding steroid dienone is 1. The van der Waals surface area contributed by atoms with Gasteiger partial charge >= 0.3 is 0 Å². The van der Waals surface area contributed by atoms with Crippen LogP contribution in [-0.4, -0.2) is 36.6 Å². The molecule has 4 nitrogen and oxygen atoms in total. The third kappa shape index (κ3) is 6.80. The van der Waals surface area contributed by atoms with Crippen molar-refractivity contribution in [1.82, 2.24) is 0 Å². The van der Waals surface area contributed by atoms with Crippen LogP contribution >= 0.6 is 18.9 Å². The Morgan fingerprint density at radius 1 is 1.12 bits per heavy atom. The number of ether oxygens (including phenoxy) is 1. The molecule has 0 saturated heterocycles. The highest BCUT2D eigenvalue weighted by atomic mass is 31.0. The molecule has 0 aromatic carbocycles. The Morgan fingerprint density at radius 3 is 2.54 bits per heavy atom. The Bertz CT molecular complexity index is 401. The van der Waals surface area contributed by atoms with Gasteiger partial charge in [0.25, 0.3) is 0 Å². The molecule has 0 spiro atoms. The molecule has 1 N–H and O–H groups in total. The lowest BCUT2D eigenvalue weighted by molar-refractivity contribution is 0.0859. The Morgan fingerprint density at radius 2 is 1.88 bits per heavy atom. The molecule has 7 atom stereocenters. The average molecular weight is 404 g/mol. The second-order valence-corrected chi connectivity index (χ2v) is 8.37. The van der Waals surface area contributed by atoms with Gasteiger partial charge < -0.3 is 18.9 Å². The summed E-state index contributed by atoms with van der Waals surface area (Å²) in [4.78, 5) is 0. The second-order valence-electron chi connectivity index (χ2n) is 7.82. The lowest BCUT2D eigenvalue weighted by Gasteiger charge is -2.31. The fourth-order valence-corrected chi connectivity index (χ4v) is 5.49. The minimum absolute atomic E-state index is 0.122. The molecule has 2 fully saturated rings. The van der Waals surface area contributed by atoms with Crippen LogP contribution in [0.5, 0.6) is 0 Å². The summed E-state index contributed by atoms with van der Waals surface area (Å²) < 4.78 is 16.8. The maximum Gasteiger partial charge on any atom is 0.0667 e. The quantitative estimate of drug-likeness (QED) is 0.309. The lowest BCUT2D eigenvalue weighted by Crippen LogP contribution is -2.27. The molecule has 2 rings (SSSR count). The van der Waals surface area contributed by atoms with Crippen molar-refractivity contribution in [2.45, 2.75) is 83.0 Å². The predicted octanol–water partition coefficient (Wildman–Crippen LogP) is 4.68. The maximum absolute atomic E-state index is 10.5. The summed E-state index contributed by atoms with van der Waals surface area (Å²) in [5, 5.41) is 10.5. The van der Waals surface area contributed by atoms with Gasteiger partial charge in [-0.25, -0.2) is 0 Å². The number of aliphatic hydroxyl groups excluding tert-OH is 1. The molecular weight excluding hydrogens is 366 g/mol. The smallest absolute Gasteiger partial charge is 0.0667 e. The number of rotatable bonds is 11. The Labute approximate surface area is 164 Å². The first-order chi connectivity index (χ1) is 12.7. The van der Waals surface area contributed by atoms with E-state index in [2.05, 4.69) is 31.1 Å². The van der Waals surface area contributed by atoms with E-state index >= 15 is 0 Å². The van der Waals surface area contributed by atoms with Crippen molar-refractivity contribution in [3.05, 3.63) is 12.2 Å². The monoisotopic (exact) mass is 404 g/mol. The summed E-state index contributed by atoms with van der Waals surface area (Å²) in [6, 6.07) is 0. The Hall–Kier alpha value is 0.440. The number of aliphatic hydroxyl groups is 1. The van der Waals surface area contributed by atoms with Gasteiger partial charge in [0.2, 0.25) is 0 Å². The molecule has 26 heavy (non-hydrogen) atoms. The molecule has 2 aliphatic rings. The van der Waals surface area contributed by atoms with Gasteiger partial charge in [-0.05, 0) is 56.8 Å². The fraction of sp³-hybridized carbons (Fsp3) is 0.900. The van der Waals surface area contributed by atoms with Gasteiger partial charge in [-0.15, -0.1) is 0 Å². The van der Waals surface area contributed by atoms with Gasteiger partial charge in [0, 0.05) is 32.0 Å². The highest BCUT2D eigenvalue weighted by Crippen LogP contribution is 2.42. The van der Waals surface area contributed by atoms with Crippen molar-refractivity contribution >= 4 is 18.9 Å². The highest BCUT2D eigenvalue weighted by molar-refractivity contribution is 7.10. The molecule has 6 heteroatoms. The summed E-state index contributed by atoms with van der Waals surface area (Å²) in [6.07, 6.45) is 14.7. The Balaban J connectivity index is 1.89. The van der Waals surface area contributed by atoms with E-state index in [9.17, 15) is 5.11 Å². The average Bonchev–Trinajstić information content (AvgIpc) is 2.98. The molecule has 0 aromatic rings. The van der Waals surface area contributed by atoms with Crippen LogP contribution in [0, 0.1) is 17.8 Å². The molecule has 0 aliphatic heterocycles. The van der Waals surface area contributed by atoms with Crippen molar-refractivity contribution in [2.75, 3.05) is 13.2 Å². The number of hydrogen-bond donors (Lipinski definition) is 1. The number of hydrogen-bond acceptors (Lipinski definition) is 4. The van der Waals surface area contributed by atoms with E-state index in [1.54, 1.807) is 0 Å². The van der Waals surface area contributed by atoms with Crippen LogP contribution in [0.4, 0.5) is 0 Å². The first kappa shape index (κ1) is 22.7. The first-order valence-electron chi connectivity index (χ1n) is 10.3. The molecule has 0 amide bonds. The zero-order valence-corrected chi connectivity index (χ0v) is 18.5. The van der Waals surface area contributed by atoms with E-state index in [4.69, 9.17) is 13.8 Å². The van der Waals surface area contributed by atoms with Crippen molar-refractivity contribution in [1.29, 1.82) is 0 Å². The van der Waals surface area contributed by atoms with Crippen LogP contribution < -0.4 is 0 Å². The molecule has 152 valence electrons. The normalized spacial score (nSPS) is 31.7. The SMILES string of the molecule is CCOC/C=C\C[C@H]1C(O)CC(OP)[C@@H]1CCC(OP)C1CCCCC1. The predicted molar refractivity (Wildman–Crippen MR) is 113 cm³/mol. The van der Waals surface area contributed by atoms with Gasteiger partial charge in [0.05, 0.1) is 24.9 Å². The second kappa shape index (κ2) is 12.8. The van der Waals surface area contributed by atoms with Gasteiger partial charge in [0.1, 0.15) is 0 Å². The van der Waals surface area contributed by atoms with Crippen molar-refractivity contribution < 1.29 is 18.9 Å². The van der Waals surface area contributed by atoms with Crippen LogP contribution in [-0.2, 0) is 13.8 Å². The Kier molecular flexibility index (Phi) is 11.2. The molecule has 0 bridgehead atoms. The molecule has 2 saturated carbocycles. The minimum atomic E-state index is -0.285. The van der Waals surface area contributed by atoms with Crippen LogP contribution in [0.2, 0.25) is 0 Å². The van der Waals surface area contributed by atoms with Crippen molar-refractivity contribution in [3.8, 4) is 0 Å². The van der Waals surface area contributed by atoms with E-state index in [0.29, 0.717) is 24.5 Å². The van der Waals surface area contributed by atoms with Crippen LogP contribution in [0.25, 0.3) is 0 Å². The van der Waals surface area contributed by atoms with Gasteiger partial charge in [0.15, 0.2) is 0 Å². The molecule has 0 radical (unpaired) electrons. The van der Waals surface area contributed by atoms with Gasteiger partial charge in [-0.1, -0.05) is 31.4 Å². The van der Waals surface area contributed by atoms with Crippen molar-refractivity contribution in [2.24, 2.45) is 17.8 Å². The molecule has 0 heterocycles. The van der Waals surface area contributed by atoms with E-state index in [1.165, 1.54) is 32.1 Å². The summed E-state index contributed by atoms with van der Waals surface area (Å²) in [7, 11) is 4.90. The van der Waals surface area contributed by atoms with Gasteiger partial charge in [-0.2, -0.15) is 0 Å². The van der Waals surface area contributed by atoms with E-state index in [-0.39, 0.29) is 18.1 Å². The minimum Gasteiger partial charge on any atom is -0.393 e. The summed E-state index contributed by atoms with van der Waals surface area (Å²) in [5.41, 5.74) is 0. The lowest BCUT2D eigenvalue weighted by atomic mass is 9.80. The van der Waals surface area contributed by atoms with E-state index < -0.39 is 0 Å². The third-order valence-corrected chi connectivity index (χ3v) is 7.00. The topological polar surface area (TPSA) is 47.9 Å². The summed E-state index contributed by atoms with van der Waals surface area (Å²) >= 11 is 0. The van der Waals surface area contributed by atoms with Gasteiger partial charge in [-0.3, -0.25) is 0 Å². The molecule has 0 aromatic heterocycles. The summed E-state index contributed by atoms with van der Waals surface area (Å²) in [6.45, 7) is 3.39. The van der Waals surface area contributed by atoms with Crippen LogP contribution in [0.3, 0.4) is 0 Å². The van der Waals surface area contributed by atoms with E-state index in [1.807, 2.05) is 6.92 Å². The maximum atomic E-state index is 10.5. The third-order valence-electron chi connectivity index (χ3n) is 6.30. The van der Waals surface area contributed by atoms with Crippen LogP contribution in [0.15, 0.2) is 12.2 Å². The zero-order chi connectivity index (χ0) is 18.8. The standard InChI is InChI=1S/C20H38O4P2/c1-2-22-13-7-6-10-16-17(20(24-26)14-18(16)21)11-12-19(23-25)15-8-4-3-5-9-15/h6-7,15-21H,2-5,8-14,25-26H2,1H3/b7-6-/t16-,17-,18?,19?,20?/m1/s1. The van der Waals surface area contributed by atoms with Crippen LogP contribution in [0.1, 0.15) is 64.7 Å². The first-order valence-corrected chi connectivity index (χ1v) is 11.3. The highest BCUT2D eigenvalue weighted by Gasteiger charge is 2.42. The molecule has 2 aliphatic carbocycles. The molecule has 5 unspecified atom stereocenters. The largest absolute Gasteiger partial charge is 0.393 e. The van der Waals surface area contributed by atoms with E-state index in [0.717, 1.165) is 32.3 Å². The molecular formula is C20H38O4P2. The van der Waals surface area contributed by atoms with Crippen molar-refractivity contribution in [3.63, 3.8) is 0 Å². The fourth-order valence-electron chi connectivity index (χ4n) is 4.82.